The Kier molecular flexibility index (Phi) is 4.90. The van der Waals surface area contributed by atoms with Crippen molar-refractivity contribution >= 4 is 5.97 Å². The van der Waals surface area contributed by atoms with Crippen molar-refractivity contribution in [2.24, 2.45) is 5.73 Å². The molecule has 0 bridgehead atoms. The molecule has 94 valence electrons. The first kappa shape index (κ1) is 13.4. The second-order valence-corrected chi connectivity index (χ2v) is 3.49. The predicted octanol–water partition coefficient (Wildman–Crippen LogP) is 1.27. The number of carbonyl (C=O) groups excluding carboxylic acids is 1. The molecule has 2 N–H and O–H groups in total. The number of carbonyl (C=O) groups is 1. The van der Waals surface area contributed by atoms with Crippen molar-refractivity contribution < 1.29 is 18.7 Å². The van der Waals surface area contributed by atoms with E-state index in [0.29, 0.717) is 5.56 Å². The van der Waals surface area contributed by atoms with Crippen LogP contribution in [0.4, 0.5) is 4.39 Å². The molecule has 0 aliphatic heterocycles. The molecule has 0 fully saturated rings. The van der Waals surface area contributed by atoms with E-state index in [1.165, 1.54) is 13.2 Å². The van der Waals surface area contributed by atoms with E-state index >= 15 is 0 Å². The minimum Gasteiger partial charge on any atom is -0.493 e. The van der Waals surface area contributed by atoms with Gasteiger partial charge in [0.25, 0.3) is 0 Å². The lowest BCUT2D eigenvalue weighted by Gasteiger charge is -2.13. The summed E-state index contributed by atoms with van der Waals surface area (Å²) in [5.41, 5.74) is 6.21. The Morgan fingerprint density at radius 2 is 2.24 bits per heavy atom. The molecule has 0 aliphatic rings. The average molecular weight is 241 g/mol. The van der Waals surface area contributed by atoms with Crippen LogP contribution in [0.3, 0.4) is 0 Å². The summed E-state index contributed by atoms with van der Waals surface area (Å²) in [6.45, 7) is 1.97. The lowest BCUT2D eigenvalue weighted by Crippen LogP contribution is -2.34. The molecule has 1 atom stereocenters. The highest BCUT2D eigenvalue weighted by molar-refractivity contribution is 5.76. The molecule has 1 rings (SSSR count). The fraction of sp³-hybridized carbons (Fsp3) is 0.417. The van der Waals surface area contributed by atoms with E-state index < -0.39 is 17.8 Å². The Balaban J connectivity index is 2.81. The molecule has 1 aromatic rings. The van der Waals surface area contributed by atoms with E-state index in [9.17, 15) is 9.18 Å². The second kappa shape index (κ2) is 6.20. The maximum Gasteiger partial charge on any atom is 0.323 e. The predicted molar refractivity (Wildman–Crippen MR) is 61.3 cm³/mol. The van der Waals surface area contributed by atoms with Gasteiger partial charge in [0.1, 0.15) is 6.04 Å². The van der Waals surface area contributed by atoms with Gasteiger partial charge in [-0.15, -0.1) is 0 Å². The number of benzene rings is 1. The van der Waals surface area contributed by atoms with Crippen LogP contribution < -0.4 is 10.5 Å². The Morgan fingerprint density at radius 1 is 1.53 bits per heavy atom. The third-order valence-electron chi connectivity index (χ3n) is 2.28. The van der Waals surface area contributed by atoms with E-state index in [1.807, 2.05) is 0 Å². The molecule has 0 heterocycles. The van der Waals surface area contributed by atoms with Crippen molar-refractivity contribution in [2.45, 2.75) is 19.4 Å². The van der Waals surface area contributed by atoms with Gasteiger partial charge in [0.05, 0.1) is 13.7 Å². The molecule has 0 saturated heterocycles. The van der Waals surface area contributed by atoms with Crippen LogP contribution in [-0.4, -0.2) is 25.7 Å². The van der Waals surface area contributed by atoms with E-state index in [2.05, 4.69) is 0 Å². The Morgan fingerprint density at radius 3 is 2.82 bits per heavy atom. The van der Waals surface area contributed by atoms with Crippen LogP contribution in [0.1, 0.15) is 12.5 Å². The molecule has 0 radical (unpaired) electrons. The minimum absolute atomic E-state index is 0.118. The normalized spacial score (nSPS) is 12.0. The van der Waals surface area contributed by atoms with Gasteiger partial charge in [0, 0.05) is 6.42 Å². The van der Waals surface area contributed by atoms with Crippen LogP contribution in [-0.2, 0) is 16.0 Å². The van der Waals surface area contributed by atoms with Gasteiger partial charge in [-0.3, -0.25) is 4.79 Å². The summed E-state index contributed by atoms with van der Waals surface area (Å²) in [7, 11) is 1.37. The molecule has 1 aromatic carbocycles. The van der Waals surface area contributed by atoms with Gasteiger partial charge in [-0.05, 0) is 18.6 Å². The molecule has 1 unspecified atom stereocenters. The first-order valence-corrected chi connectivity index (χ1v) is 5.33. The molecule has 5 heteroatoms. The van der Waals surface area contributed by atoms with Gasteiger partial charge in [-0.2, -0.15) is 0 Å². The zero-order valence-electron chi connectivity index (χ0n) is 9.90. The monoisotopic (exact) mass is 241 g/mol. The number of methoxy groups -OCH3 is 1. The summed E-state index contributed by atoms with van der Waals surface area (Å²) in [5, 5.41) is 0. The van der Waals surface area contributed by atoms with Gasteiger partial charge >= 0.3 is 5.97 Å². The number of rotatable bonds is 5. The molecule has 0 aromatic heterocycles. The van der Waals surface area contributed by atoms with Crippen LogP contribution in [0.25, 0.3) is 0 Å². The average Bonchev–Trinajstić information content (AvgIpc) is 2.29. The van der Waals surface area contributed by atoms with Crippen LogP contribution in [0.5, 0.6) is 5.75 Å². The fourth-order valence-corrected chi connectivity index (χ4v) is 1.51. The molecule has 0 spiro atoms. The van der Waals surface area contributed by atoms with Gasteiger partial charge in [-0.25, -0.2) is 4.39 Å². The lowest BCUT2D eigenvalue weighted by molar-refractivity contribution is -0.144. The van der Waals surface area contributed by atoms with Crippen molar-refractivity contribution in [2.75, 3.05) is 13.7 Å². The molecule has 17 heavy (non-hydrogen) atoms. The standard InChI is InChI=1S/C12H16FNO3/c1-3-17-12(15)10(14)7-8-5-4-6-9(13)11(8)16-2/h4-6,10H,3,7,14H2,1-2H3. The molecule has 0 saturated carbocycles. The summed E-state index contributed by atoms with van der Waals surface area (Å²) in [5.74, 6) is -0.855. The van der Waals surface area contributed by atoms with Gasteiger partial charge in [0.2, 0.25) is 0 Å². The van der Waals surface area contributed by atoms with E-state index in [0.717, 1.165) is 0 Å². The van der Waals surface area contributed by atoms with Crippen molar-refractivity contribution in [1.29, 1.82) is 0 Å². The molecule has 0 aliphatic carbocycles. The zero-order chi connectivity index (χ0) is 12.8. The topological polar surface area (TPSA) is 61.5 Å². The van der Waals surface area contributed by atoms with Gasteiger partial charge in [-0.1, -0.05) is 12.1 Å². The summed E-state index contributed by atoms with van der Waals surface area (Å²) >= 11 is 0. The Labute approximate surface area is 99.5 Å². The maximum atomic E-state index is 13.4. The third-order valence-corrected chi connectivity index (χ3v) is 2.28. The van der Waals surface area contributed by atoms with Crippen LogP contribution in [0.2, 0.25) is 0 Å². The number of halogens is 1. The Hall–Kier alpha value is -1.62. The number of ether oxygens (including phenoxy) is 2. The first-order valence-electron chi connectivity index (χ1n) is 5.33. The lowest BCUT2D eigenvalue weighted by atomic mass is 10.1. The van der Waals surface area contributed by atoms with Crippen molar-refractivity contribution in [3.05, 3.63) is 29.6 Å². The highest BCUT2D eigenvalue weighted by Crippen LogP contribution is 2.23. The summed E-state index contributed by atoms with van der Waals surface area (Å²) in [6.07, 6.45) is 0.180. The summed E-state index contributed by atoms with van der Waals surface area (Å²) in [4.78, 5) is 11.4. The maximum absolute atomic E-state index is 13.4. The third kappa shape index (κ3) is 3.42. The highest BCUT2D eigenvalue weighted by Gasteiger charge is 2.18. The van der Waals surface area contributed by atoms with Crippen molar-refractivity contribution in [3.8, 4) is 5.75 Å². The summed E-state index contributed by atoms with van der Waals surface area (Å²) < 4.78 is 23.1. The zero-order valence-corrected chi connectivity index (χ0v) is 9.90. The van der Waals surface area contributed by atoms with Crippen LogP contribution in [0.15, 0.2) is 18.2 Å². The summed E-state index contributed by atoms with van der Waals surface area (Å²) in [6, 6.07) is 3.69. The number of hydrogen-bond acceptors (Lipinski definition) is 4. The molecular weight excluding hydrogens is 225 g/mol. The van der Waals surface area contributed by atoms with E-state index in [4.69, 9.17) is 15.2 Å². The van der Waals surface area contributed by atoms with E-state index in [1.54, 1.807) is 19.1 Å². The minimum atomic E-state index is -0.814. The van der Waals surface area contributed by atoms with Crippen LogP contribution >= 0.6 is 0 Å². The quantitative estimate of drug-likeness (QED) is 0.788. The van der Waals surface area contributed by atoms with E-state index in [-0.39, 0.29) is 18.8 Å². The Bertz CT molecular complexity index is 395. The van der Waals surface area contributed by atoms with Gasteiger partial charge < -0.3 is 15.2 Å². The van der Waals surface area contributed by atoms with Gasteiger partial charge in [0.15, 0.2) is 11.6 Å². The second-order valence-electron chi connectivity index (χ2n) is 3.49. The highest BCUT2D eigenvalue weighted by atomic mass is 19.1. The molecule has 0 amide bonds. The molecule has 4 nitrogen and oxygen atoms in total. The molecular formula is C12H16FNO3. The number of para-hydroxylation sites is 1. The fourth-order valence-electron chi connectivity index (χ4n) is 1.51. The largest absolute Gasteiger partial charge is 0.493 e. The first-order chi connectivity index (χ1) is 8.10. The van der Waals surface area contributed by atoms with Crippen molar-refractivity contribution in [3.63, 3.8) is 0 Å². The van der Waals surface area contributed by atoms with Crippen LogP contribution in [0, 0.1) is 5.82 Å². The number of hydrogen-bond donors (Lipinski definition) is 1. The van der Waals surface area contributed by atoms with Crippen molar-refractivity contribution in [1.82, 2.24) is 0 Å². The number of nitrogens with two attached hydrogens (primary N) is 1. The SMILES string of the molecule is CCOC(=O)C(N)Cc1cccc(F)c1OC. The smallest absolute Gasteiger partial charge is 0.323 e. The number of esters is 1.